The topological polar surface area (TPSA) is 32.3 Å². The van der Waals surface area contributed by atoms with Crippen molar-refractivity contribution in [2.75, 3.05) is 16.8 Å². The van der Waals surface area contributed by atoms with Crippen molar-refractivity contribution in [1.82, 2.24) is 0 Å². The normalized spacial score (nSPS) is 14.6. The first-order valence-electron chi connectivity index (χ1n) is 10.8. The number of carbonyl (C=O) groups excluding carboxylic acids is 1. The molecule has 3 nitrogen and oxygen atoms in total. The number of benzene rings is 2. The van der Waals surface area contributed by atoms with Crippen LogP contribution < -0.4 is 10.2 Å². The molecule has 12 radical (unpaired) electrons. The zero-order valence-electron chi connectivity index (χ0n) is 19.4. The van der Waals surface area contributed by atoms with Gasteiger partial charge in [-0.25, -0.2) is 4.39 Å². The van der Waals surface area contributed by atoms with Gasteiger partial charge in [0.2, 0.25) is 5.91 Å². The summed E-state index contributed by atoms with van der Waals surface area (Å²) >= 11 is 0. The van der Waals surface area contributed by atoms with Crippen molar-refractivity contribution in [2.45, 2.75) is 50.4 Å². The summed E-state index contributed by atoms with van der Waals surface area (Å²) in [5, 5.41) is -0.795. The van der Waals surface area contributed by atoms with Crippen molar-refractivity contribution in [3.63, 3.8) is 0 Å². The number of hydrogen-bond donors (Lipinski definition) is 1. The first kappa shape index (κ1) is 25.6. The predicted molar refractivity (Wildman–Crippen MR) is 138 cm³/mol. The third kappa shape index (κ3) is 6.33. The summed E-state index contributed by atoms with van der Waals surface area (Å²) in [4.78, 5) is 14.8. The quantitative estimate of drug-likeness (QED) is 0.741. The van der Waals surface area contributed by atoms with Gasteiger partial charge in [-0.05, 0) is 58.4 Å². The van der Waals surface area contributed by atoms with Gasteiger partial charge in [-0.2, -0.15) is 0 Å². The number of anilines is 2. The highest BCUT2D eigenvalue weighted by atomic mass is 19.1. The van der Waals surface area contributed by atoms with Gasteiger partial charge >= 0.3 is 0 Å². The molecule has 0 fully saturated rings. The Balaban J connectivity index is 2.08. The molecule has 1 heterocycles. The largest absolute Gasteiger partial charge is 0.367 e. The molecule has 0 spiro atoms. The molecule has 0 saturated carbocycles. The zero-order chi connectivity index (χ0) is 24.8. The molecule has 0 atom stereocenters. The van der Waals surface area contributed by atoms with Crippen LogP contribution in [0, 0.1) is 11.2 Å². The maximum absolute atomic E-state index is 13.6. The fraction of sp³-hybridized carbons (Fsp3) is 0.435. The summed E-state index contributed by atoms with van der Waals surface area (Å²) in [5.41, 5.74) is 3.05. The van der Waals surface area contributed by atoms with E-state index in [2.05, 4.69) is 5.32 Å². The second kappa shape index (κ2) is 9.00. The number of rotatable bonds is 5. The molecule has 10 heteroatoms. The van der Waals surface area contributed by atoms with E-state index in [1.807, 2.05) is 25.7 Å². The van der Waals surface area contributed by atoms with Crippen molar-refractivity contribution < 1.29 is 9.18 Å². The first-order valence-corrected chi connectivity index (χ1v) is 10.8. The van der Waals surface area contributed by atoms with Crippen LogP contribution in [0.1, 0.15) is 49.4 Å². The molecule has 0 saturated heterocycles. The van der Waals surface area contributed by atoms with Crippen molar-refractivity contribution in [2.24, 2.45) is 5.41 Å². The Morgan fingerprint density at radius 2 is 1.55 bits per heavy atom. The lowest BCUT2D eigenvalue weighted by molar-refractivity contribution is -0.117. The molecular weight excluding hydrogens is 404 g/mol. The maximum Gasteiger partial charge on any atom is 0.224 e. The molecule has 2 aromatic carbocycles. The Morgan fingerprint density at radius 3 is 2.06 bits per heavy atom. The minimum Gasteiger partial charge on any atom is -0.367 e. The van der Waals surface area contributed by atoms with Gasteiger partial charge in [0.1, 0.15) is 5.82 Å². The van der Waals surface area contributed by atoms with E-state index in [0.29, 0.717) is 25.2 Å². The number of nitrogens with zero attached hydrogens (tertiary/aromatic N) is 1. The number of carbonyl (C=O) groups is 1. The Kier molecular flexibility index (Phi) is 6.99. The predicted octanol–water partition coefficient (Wildman–Crippen LogP) is 1.99. The molecule has 0 bridgehead atoms. The summed E-state index contributed by atoms with van der Waals surface area (Å²) < 4.78 is 13.6. The lowest BCUT2D eigenvalue weighted by atomic mass is 9.37. The van der Waals surface area contributed by atoms with E-state index in [1.165, 1.54) is 6.07 Å². The molecule has 156 valence electrons. The van der Waals surface area contributed by atoms with Crippen LogP contribution in [0.15, 0.2) is 30.3 Å². The summed E-state index contributed by atoms with van der Waals surface area (Å²) in [6.45, 7) is 6.94. The van der Waals surface area contributed by atoms with Crippen LogP contribution in [0.4, 0.5) is 15.8 Å². The average molecular weight is 427 g/mol. The lowest BCUT2D eigenvalue weighted by Gasteiger charge is -2.37. The minimum absolute atomic E-state index is 0.201. The van der Waals surface area contributed by atoms with Gasteiger partial charge in [0.25, 0.3) is 0 Å². The molecule has 0 unspecified atom stereocenters. The van der Waals surface area contributed by atoms with Gasteiger partial charge < -0.3 is 10.2 Å². The van der Waals surface area contributed by atoms with E-state index < -0.39 is 10.2 Å². The molecule has 0 aromatic heterocycles. The third-order valence-electron chi connectivity index (χ3n) is 5.56. The molecule has 1 N–H and O–H groups in total. The number of halogens is 1. The van der Waals surface area contributed by atoms with Crippen molar-refractivity contribution in [3.8, 4) is 0 Å². The standard InChI is InChI=1S/C23H23B6FN2O/c1-21(2,3)11-19(33)31-20-17(22(24,25)26)9-16(10-18(20)23(27,28)29)32-7-6-13-8-15(30)5-4-14(13)12-32/h4-5,8-10H,6-7,11-12H2,1-3H3,(H,31,33). The van der Waals surface area contributed by atoms with Crippen LogP contribution in [0.5, 0.6) is 0 Å². The molecular formula is C23H23B6FN2O. The molecule has 3 rings (SSSR count). The van der Waals surface area contributed by atoms with Crippen molar-refractivity contribution >= 4 is 64.4 Å². The van der Waals surface area contributed by atoms with Crippen LogP contribution in [0.2, 0.25) is 0 Å². The summed E-state index contributed by atoms with van der Waals surface area (Å²) in [6, 6.07) is 8.15. The molecule has 0 aliphatic carbocycles. The van der Waals surface area contributed by atoms with Gasteiger partial charge in [0, 0.05) is 30.9 Å². The highest BCUT2D eigenvalue weighted by molar-refractivity contribution is 6.60. The van der Waals surface area contributed by atoms with Crippen molar-refractivity contribution in [3.05, 3.63) is 58.4 Å². The second-order valence-corrected chi connectivity index (χ2v) is 10.2. The summed E-state index contributed by atoms with van der Waals surface area (Å²) in [6.07, 6.45) is 0.867. The number of fused-ring (bicyclic) bond motifs is 1. The Morgan fingerprint density at radius 1 is 0.970 bits per heavy atom. The van der Waals surface area contributed by atoms with Crippen molar-refractivity contribution in [1.29, 1.82) is 0 Å². The van der Waals surface area contributed by atoms with E-state index in [1.54, 1.807) is 24.3 Å². The zero-order valence-corrected chi connectivity index (χ0v) is 19.4. The van der Waals surface area contributed by atoms with Crippen LogP contribution in [0.25, 0.3) is 0 Å². The van der Waals surface area contributed by atoms with E-state index in [-0.39, 0.29) is 40.4 Å². The van der Waals surface area contributed by atoms with E-state index in [0.717, 1.165) is 11.1 Å². The summed E-state index contributed by atoms with van der Waals surface area (Å²) in [5.74, 6) is -0.541. The Labute approximate surface area is 204 Å². The summed E-state index contributed by atoms with van der Waals surface area (Å²) in [7, 11) is 36.5. The van der Waals surface area contributed by atoms with E-state index in [4.69, 9.17) is 47.1 Å². The number of amides is 1. The minimum atomic E-state index is -1.81. The average Bonchev–Trinajstić information content (AvgIpc) is 2.64. The smallest absolute Gasteiger partial charge is 0.224 e. The van der Waals surface area contributed by atoms with Gasteiger partial charge in [-0.3, -0.25) is 4.79 Å². The van der Waals surface area contributed by atoms with Crippen LogP contribution in [-0.4, -0.2) is 59.5 Å². The van der Waals surface area contributed by atoms with Gasteiger partial charge in [0.05, 0.1) is 47.1 Å². The lowest BCUT2D eigenvalue weighted by Crippen LogP contribution is -2.36. The van der Waals surface area contributed by atoms with Crippen LogP contribution in [-0.2, 0) is 28.0 Å². The third-order valence-corrected chi connectivity index (χ3v) is 5.56. The van der Waals surface area contributed by atoms with Crippen LogP contribution >= 0.6 is 0 Å². The highest BCUT2D eigenvalue weighted by Crippen LogP contribution is 2.38. The number of hydrogen-bond acceptors (Lipinski definition) is 2. The van der Waals surface area contributed by atoms with E-state index in [9.17, 15) is 9.18 Å². The fourth-order valence-corrected chi connectivity index (χ4v) is 4.03. The molecule has 1 amide bonds. The molecule has 33 heavy (non-hydrogen) atoms. The van der Waals surface area contributed by atoms with Gasteiger partial charge in [0.15, 0.2) is 0 Å². The first-order chi connectivity index (χ1) is 15.0. The molecule has 1 aliphatic heterocycles. The van der Waals surface area contributed by atoms with Gasteiger partial charge in [-0.15, -0.1) is 10.2 Å². The molecule has 1 aliphatic rings. The SMILES string of the molecule is [B]C([B])([B])c1cc(N2CCc3cc(F)ccc3C2)cc(C([B])([B])[B])c1NC(=O)CC(C)(C)C. The fourth-order valence-electron chi connectivity index (χ4n) is 4.03. The maximum atomic E-state index is 13.6. The highest BCUT2D eigenvalue weighted by Gasteiger charge is 2.29. The number of nitrogens with one attached hydrogen (secondary N) is 1. The van der Waals surface area contributed by atoms with Gasteiger partial charge in [-0.1, -0.05) is 26.8 Å². The Bertz CT molecular complexity index is 1020. The van der Waals surface area contributed by atoms with Crippen LogP contribution in [0.3, 0.4) is 0 Å². The monoisotopic (exact) mass is 428 g/mol. The van der Waals surface area contributed by atoms with E-state index >= 15 is 0 Å². The molecule has 2 aromatic rings. The Hall–Kier alpha value is -1.97. The second-order valence-electron chi connectivity index (χ2n) is 10.2.